The van der Waals surface area contributed by atoms with Gasteiger partial charge in [-0.2, -0.15) is 0 Å². The van der Waals surface area contributed by atoms with Crippen LogP contribution in [0.15, 0.2) is 47.5 Å². The number of nitrogens with zero attached hydrogens (tertiary/aromatic N) is 1. The minimum absolute atomic E-state index is 0.0685. The van der Waals surface area contributed by atoms with Gasteiger partial charge in [0.2, 0.25) is 0 Å². The number of rotatable bonds is 4. The molecule has 1 aliphatic rings. The first-order chi connectivity index (χ1) is 12.4. The van der Waals surface area contributed by atoms with E-state index in [1.165, 1.54) is 0 Å². The molecule has 1 aliphatic heterocycles. The van der Waals surface area contributed by atoms with Gasteiger partial charge in [-0.25, -0.2) is 4.39 Å². The van der Waals surface area contributed by atoms with Crippen LogP contribution in [0.1, 0.15) is 27.9 Å². The number of carbonyl (C=O) groups excluding carboxylic acids is 1. The fourth-order valence-corrected chi connectivity index (χ4v) is 3.08. The molecule has 1 saturated heterocycles. The van der Waals surface area contributed by atoms with Gasteiger partial charge >= 0.3 is 0 Å². The number of para-hydroxylation sites is 1. The van der Waals surface area contributed by atoms with Crippen LogP contribution in [0.4, 0.5) is 15.8 Å². The number of carbonyl (C=O) groups is 1. The molecule has 0 aliphatic carbocycles. The Hall–Kier alpha value is -2.77. The van der Waals surface area contributed by atoms with Crippen LogP contribution in [-0.4, -0.2) is 36.5 Å². The lowest BCUT2D eigenvalue weighted by molar-refractivity contribution is -0.0151. The first-order valence-electron chi connectivity index (χ1n) is 8.29. The third kappa shape index (κ3) is 3.74. The number of aliphatic hydroxyl groups is 1. The van der Waals surface area contributed by atoms with Crippen LogP contribution in [0.3, 0.4) is 0 Å². The van der Waals surface area contributed by atoms with E-state index in [-0.39, 0.29) is 24.2 Å². The van der Waals surface area contributed by atoms with Crippen LogP contribution < -0.4 is 16.8 Å². The molecule has 1 amide bonds. The van der Waals surface area contributed by atoms with Crippen LogP contribution in [0.5, 0.6) is 0 Å². The number of piperidine rings is 1. The smallest absolute Gasteiger partial charge is 0.250 e. The van der Waals surface area contributed by atoms with Gasteiger partial charge in [0.25, 0.3) is 5.91 Å². The number of benzene rings is 2. The number of primary amides is 1. The van der Waals surface area contributed by atoms with Gasteiger partial charge in [0.1, 0.15) is 11.8 Å². The molecule has 26 heavy (non-hydrogen) atoms. The number of hydrogen-bond donors (Lipinski definition) is 4. The molecule has 2 unspecified atom stereocenters. The number of hydrogen-bond acceptors (Lipinski definition) is 5. The lowest BCUT2D eigenvalue weighted by Crippen LogP contribution is -2.48. The fourth-order valence-electron chi connectivity index (χ4n) is 3.08. The fraction of sp³-hybridized carbons (Fsp3) is 0.263. The van der Waals surface area contributed by atoms with Crippen molar-refractivity contribution in [3.63, 3.8) is 0 Å². The van der Waals surface area contributed by atoms with E-state index in [4.69, 9.17) is 11.5 Å². The highest BCUT2D eigenvalue weighted by atomic mass is 19.1. The normalized spacial score (nSPS) is 23.2. The van der Waals surface area contributed by atoms with Crippen molar-refractivity contribution in [2.24, 2.45) is 10.7 Å². The van der Waals surface area contributed by atoms with Crippen molar-refractivity contribution in [3.05, 3.63) is 59.2 Å². The van der Waals surface area contributed by atoms with Crippen molar-refractivity contribution in [1.29, 1.82) is 0 Å². The Morgan fingerprint density at radius 1 is 1.31 bits per heavy atom. The zero-order valence-electron chi connectivity index (χ0n) is 14.2. The molecular formula is C19H21FN4O2. The summed E-state index contributed by atoms with van der Waals surface area (Å²) in [6, 6.07) is 11.9. The number of nitrogens with two attached hydrogens (primary N) is 2. The molecule has 2 atom stereocenters. The zero-order valence-corrected chi connectivity index (χ0v) is 14.2. The first-order valence-corrected chi connectivity index (χ1v) is 8.29. The van der Waals surface area contributed by atoms with Gasteiger partial charge in [0.15, 0.2) is 0 Å². The van der Waals surface area contributed by atoms with Crippen molar-refractivity contribution in [2.75, 3.05) is 18.8 Å². The summed E-state index contributed by atoms with van der Waals surface area (Å²) in [4.78, 5) is 15.7. The number of nitrogen functional groups attached to an aromatic ring is 1. The van der Waals surface area contributed by atoms with Gasteiger partial charge in [-0.1, -0.05) is 24.3 Å². The molecule has 0 radical (unpaired) electrons. The number of amides is 1. The summed E-state index contributed by atoms with van der Waals surface area (Å²) in [5.74, 6) is -0.595. The molecule has 7 heteroatoms. The summed E-state index contributed by atoms with van der Waals surface area (Å²) in [5.41, 5.74) is 12.4. The number of anilines is 1. The van der Waals surface area contributed by atoms with Gasteiger partial charge in [-0.05, 0) is 23.8 Å². The minimum atomic E-state index is -1.22. The maximum atomic E-state index is 13.6. The molecule has 2 aromatic carbocycles. The SMILES string of the molecule is NC(=O)c1cccc(C=Nc2ccc(C3(O)CNCC(F)C3)cc2)c1N. The van der Waals surface area contributed by atoms with Gasteiger partial charge in [0, 0.05) is 31.3 Å². The van der Waals surface area contributed by atoms with Crippen LogP contribution in [0.2, 0.25) is 0 Å². The molecule has 0 bridgehead atoms. The highest BCUT2D eigenvalue weighted by Crippen LogP contribution is 2.30. The molecular weight excluding hydrogens is 335 g/mol. The Bertz CT molecular complexity index is 838. The Labute approximate surface area is 150 Å². The Morgan fingerprint density at radius 3 is 2.69 bits per heavy atom. The molecule has 136 valence electrons. The molecule has 1 fully saturated rings. The number of nitrogens with one attached hydrogen (secondary N) is 1. The lowest BCUT2D eigenvalue weighted by Gasteiger charge is -2.34. The molecule has 0 saturated carbocycles. The van der Waals surface area contributed by atoms with E-state index >= 15 is 0 Å². The zero-order chi connectivity index (χ0) is 18.7. The minimum Gasteiger partial charge on any atom is -0.398 e. The van der Waals surface area contributed by atoms with Crippen molar-refractivity contribution in [1.82, 2.24) is 5.32 Å². The maximum Gasteiger partial charge on any atom is 0.250 e. The third-order valence-electron chi connectivity index (χ3n) is 4.51. The predicted octanol–water partition coefficient (Wildman–Crippen LogP) is 1.64. The van der Waals surface area contributed by atoms with Crippen LogP contribution >= 0.6 is 0 Å². The van der Waals surface area contributed by atoms with E-state index < -0.39 is 17.7 Å². The summed E-state index contributed by atoms with van der Waals surface area (Å²) >= 11 is 0. The van der Waals surface area contributed by atoms with Crippen LogP contribution in [-0.2, 0) is 5.60 Å². The first kappa shape index (κ1) is 18.0. The van der Waals surface area contributed by atoms with E-state index in [1.807, 2.05) is 0 Å². The highest BCUT2D eigenvalue weighted by Gasteiger charge is 2.35. The largest absolute Gasteiger partial charge is 0.398 e. The van der Waals surface area contributed by atoms with Gasteiger partial charge in [-0.3, -0.25) is 9.79 Å². The second kappa shape index (κ2) is 7.23. The summed E-state index contributed by atoms with van der Waals surface area (Å²) < 4.78 is 13.6. The van der Waals surface area contributed by atoms with Gasteiger partial charge < -0.3 is 21.9 Å². The summed E-state index contributed by atoms with van der Waals surface area (Å²) in [6.07, 6.45) is 0.538. The Morgan fingerprint density at radius 2 is 2.04 bits per heavy atom. The Balaban J connectivity index is 1.79. The second-order valence-corrected chi connectivity index (χ2v) is 6.44. The van der Waals surface area contributed by atoms with E-state index in [0.717, 1.165) is 0 Å². The van der Waals surface area contributed by atoms with Crippen molar-refractivity contribution >= 4 is 23.5 Å². The van der Waals surface area contributed by atoms with E-state index in [0.29, 0.717) is 23.4 Å². The topological polar surface area (TPSA) is 114 Å². The molecule has 6 nitrogen and oxygen atoms in total. The predicted molar refractivity (Wildman–Crippen MR) is 99.3 cm³/mol. The van der Waals surface area contributed by atoms with Crippen molar-refractivity contribution in [3.8, 4) is 0 Å². The number of β-amino-alcohol motifs (C(OH)–C–C–N with tert-alkyl or cyclic N) is 1. The van der Waals surface area contributed by atoms with Crippen molar-refractivity contribution in [2.45, 2.75) is 18.2 Å². The average molecular weight is 356 g/mol. The third-order valence-corrected chi connectivity index (χ3v) is 4.51. The summed E-state index contributed by atoms with van der Waals surface area (Å²) in [7, 11) is 0. The molecule has 2 aromatic rings. The number of alkyl halides is 1. The average Bonchev–Trinajstić information content (AvgIpc) is 2.61. The molecule has 6 N–H and O–H groups in total. The number of halogens is 1. The summed E-state index contributed by atoms with van der Waals surface area (Å²) in [5, 5.41) is 13.5. The second-order valence-electron chi connectivity index (χ2n) is 6.44. The highest BCUT2D eigenvalue weighted by molar-refractivity contribution is 6.02. The maximum absolute atomic E-state index is 13.6. The molecule has 3 rings (SSSR count). The van der Waals surface area contributed by atoms with Gasteiger partial charge in [0.05, 0.1) is 16.9 Å². The van der Waals surface area contributed by atoms with Crippen LogP contribution in [0.25, 0.3) is 0 Å². The standard InChI is InChI=1S/C19H21FN4O2/c20-14-8-19(26,11-23-10-14)13-4-6-15(7-5-13)24-9-12-2-1-3-16(17(12)21)18(22)25/h1-7,9,14,23,26H,8,10-11,21H2,(H2,22,25). The summed E-state index contributed by atoms with van der Waals surface area (Å²) in [6.45, 7) is 0.572. The number of aliphatic imine (C=N–C) groups is 1. The van der Waals surface area contributed by atoms with E-state index in [1.54, 1.807) is 48.7 Å². The molecule has 1 heterocycles. The quantitative estimate of drug-likeness (QED) is 0.492. The van der Waals surface area contributed by atoms with Crippen molar-refractivity contribution < 1.29 is 14.3 Å². The van der Waals surface area contributed by atoms with E-state index in [9.17, 15) is 14.3 Å². The molecule has 0 spiro atoms. The van der Waals surface area contributed by atoms with E-state index in [2.05, 4.69) is 10.3 Å². The molecule has 0 aromatic heterocycles. The lowest BCUT2D eigenvalue weighted by atomic mass is 9.86. The van der Waals surface area contributed by atoms with Gasteiger partial charge in [-0.15, -0.1) is 0 Å². The Kier molecular flexibility index (Phi) is 5.01. The van der Waals surface area contributed by atoms with Crippen LogP contribution in [0, 0.1) is 0 Å². The monoisotopic (exact) mass is 356 g/mol.